The third kappa shape index (κ3) is 2.20. The fourth-order valence-corrected chi connectivity index (χ4v) is 7.71. The summed E-state index contributed by atoms with van der Waals surface area (Å²) in [5, 5.41) is 3.65. The van der Waals surface area contributed by atoms with Crippen LogP contribution in [0.25, 0.3) is 0 Å². The van der Waals surface area contributed by atoms with Crippen molar-refractivity contribution in [1.82, 2.24) is 5.32 Å². The molecule has 28 heavy (non-hydrogen) atoms. The maximum absolute atomic E-state index is 12.3. The highest BCUT2D eigenvalue weighted by Gasteiger charge is 2.67. The topological polar surface area (TPSA) is 38.3 Å². The molecule has 1 amide bonds. The van der Waals surface area contributed by atoms with Gasteiger partial charge in [0.05, 0.1) is 0 Å². The Morgan fingerprint density at radius 1 is 1.21 bits per heavy atom. The van der Waals surface area contributed by atoms with Gasteiger partial charge in [0.2, 0.25) is 0 Å². The second kappa shape index (κ2) is 5.91. The molecule has 1 spiro atoms. The maximum Gasteiger partial charge on any atom is 0.252 e. The number of ether oxygens (including phenoxy) is 1. The number of alkyl halides is 1. The van der Waals surface area contributed by atoms with Crippen molar-refractivity contribution >= 4 is 33.4 Å². The molecule has 4 aliphatic rings. The van der Waals surface area contributed by atoms with Crippen LogP contribution >= 0.6 is 27.5 Å². The van der Waals surface area contributed by atoms with Crippen molar-refractivity contribution in [3.8, 4) is 5.75 Å². The third-order valence-corrected chi connectivity index (χ3v) is 10.9. The summed E-state index contributed by atoms with van der Waals surface area (Å²) in [7, 11) is 0. The summed E-state index contributed by atoms with van der Waals surface area (Å²) in [5.74, 6) is 1.92. The second-order valence-corrected chi connectivity index (χ2v) is 11.8. The first kappa shape index (κ1) is 19.2. The van der Waals surface area contributed by atoms with Crippen LogP contribution in [-0.2, 0) is 13.0 Å². The van der Waals surface area contributed by atoms with Crippen LogP contribution < -0.4 is 10.1 Å². The summed E-state index contributed by atoms with van der Waals surface area (Å²) in [5.41, 5.74) is 2.81. The van der Waals surface area contributed by atoms with Crippen LogP contribution in [0.2, 0.25) is 5.02 Å². The van der Waals surface area contributed by atoms with Crippen molar-refractivity contribution in [3.63, 3.8) is 0 Å². The van der Waals surface area contributed by atoms with Crippen molar-refractivity contribution in [2.45, 2.75) is 76.8 Å². The normalized spacial score (nSPS) is 40.5. The molecule has 2 saturated carbocycles. The molecular weight excluding hydrogens is 438 g/mol. The first-order chi connectivity index (χ1) is 13.1. The molecule has 2 heterocycles. The molecule has 3 nitrogen and oxygen atoms in total. The zero-order valence-electron chi connectivity index (χ0n) is 17.1. The van der Waals surface area contributed by atoms with Gasteiger partial charge in [-0.3, -0.25) is 4.79 Å². The molecule has 2 fully saturated rings. The number of hydrogen-bond acceptors (Lipinski definition) is 2. The van der Waals surface area contributed by atoms with Crippen molar-refractivity contribution in [3.05, 3.63) is 27.8 Å². The van der Waals surface area contributed by atoms with E-state index in [9.17, 15) is 4.79 Å². The SMILES string of the molecule is CC1CCC2C(C)(C)C(Br)CCC23Oc2c(c(Cl)cc4c2CNC4=O)CC13C. The Kier molecular flexibility index (Phi) is 4.06. The van der Waals surface area contributed by atoms with Gasteiger partial charge >= 0.3 is 0 Å². The Morgan fingerprint density at radius 2 is 1.96 bits per heavy atom. The summed E-state index contributed by atoms with van der Waals surface area (Å²) in [6.45, 7) is 10.2. The molecule has 0 aromatic heterocycles. The molecule has 152 valence electrons. The van der Waals surface area contributed by atoms with Gasteiger partial charge < -0.3 is 10.1 Å². The summed E-state index contributed by atoms with van der Waals surface area (Å²) in [6.07, 6.45) is 5.53. The average Bonchev–Trinajstić information content (AvgIpc) is 3.00. The monoisotopic (exact) mass is 465 g/mol. The lowest BCUT2D eigenvalue weighted by Gasteiger charge is -2.67. The summed E-state index contributed by atoms with van der Waals surface area (Å²) in [6, 6.07) is 1.85. The Morgan fingerprint density at radius 3 is 2.71 bits per heavy atom. The van der Waals surface area contributed by atoms with Crippen molar-refractivity contribution < 1.29 is 9.53 Å². The molecule has 0 radical (unpaired) electrons. The number of hydrogen-bond donors (Lipinski definition) is 1. The van der Waals surface area contributed by atoms with E-state index in [4.69, 9.17) is 16.3 Å². The standard InChI is InChI=1S/C23H29BrClNO2/c1-12-5-6-17-21(2,3)18(24)7-8-23(17)22(12,4)10-14-16(25)9-13-15(19(14)28-23)11-26-20(13)27/h9,12,17-18H,5-8,10-11H2,1-4H3,(H,26,27). The van der Waals surface area contributed by atoms with Crippen LogP contribution in [0.5, 0.6) is 5.75 Å². The van der Waals surface area contributed by atoms with Crippen LogP contribution in [0.1, 0.15) is 74.9 Å². The van der Waals surface area contributed by atoms with Crippen molar-refractivity contribution in [2.75, 3.05) is 0 Å². The molecule has 5 heteroatoms. The first-order valence-electron chi connectivity index (χ1n) is 10.6. The predicted octanol–water partition coefficient (Wildman–Crippen LogP) is 5.89. The number of rotatable bonds is 0. The minimum Gasteiger partial charge on any atom is -0.486 e. The average molecular weight is 467 g/mol. The molecule has 0 saturated heterocycles. The van der Waals surface area contributed by atoms with Crippen LogP contribution in [-0.4, -0.2) is 16.3 Å². The zero-order valence-corrected chi connectivity index (χ0v) is 19.5. The number of fused-ring (bicyclic) bond motifs is 3. The highest BCUT2D eigenvalue weighted by molar-refractivity contribution is 9.09. The van der Waals surface area contributed by atoms with Gasteiger partial charge in [-0.05, 0) is 49.5 Å². The fourth-order valence-electron chi connectivity index (χ4n) is 6.90. The van der Waals surface area contributed by atoms with Gasteiger partial charge in [0, 0.05) is 44.4 Å². The lowest BCUT2D eigenvalue weighted by Crippen LogP contribution is -2.69. The van der Waals surface area contributed by atoms with E-state index < -0.39 is 0 Å². The minimum absolute atomic E-state index is 0.0350. The molecule has 5 atom stereocenters. The Hall–Kier alpha value is -0.740. The van der Waals surface area contributed by atoms with Gasteiger partial charge in [0.15, 0.2) is 0 Å². The molecule has 5 unspecified atom stereocenters. The third-order valence-electron chi connectivity index (χ3n) is 8.91. The lowest BCUT2D eigenvalue weighted by molar-refractivity contribution is -0.208. The van der Waals surface area contributed by atoms with Crippen molar-refractivity contribution in [2.24, 2.45) is 22.7 Å². The zero-order chi connectivity index (χ0) is 20.1. The van der Waals surface area contributed by atoms with E-state index in [1.165, 1.54) is 12.8 Å². The van der Waals surface area contributed by atoms with Crippen LogP contribution in [0.15, 0.2) is 6.07 Å². The largest absolute Gasteiger partial charge is 0.486 e. The Labute approximate surface area is 181 Å². The van der Waals surface area contributed by atoms with E-state index in [0.717, 1.165) is 36.1 Å². The predicted molar refractivity (Wildman–Crippen MR) is 115 cm³/mol. The molecule has 1 aromatic carbocycles. The maximum atomic E-state index is 12.3. The molecule has 2 aliphatic carbocycles. The highest BCUT2D eigenvalue weighted by Crippen LogP contribution is 2.67. The van der Waals surface area contributed by atoms with Crippen LogP contribution in [0, 0.1) is 22.7 Å². The summed E-state index contributed by atoms with van der Waals surface area (Å²) in [4.78, 5) is 12.8. The number of carbonyl (C=O) groups excluding carboxylic acids is 1. The fraction of sp³-hybridized carbons (Fsp3) is 0.696. The Bertz CT molecular complexity index is 884. The van der Waals surface area contributed by atoms with E-state index in [1.807, 2.05) is 6.07 Å². The molecular formula is C23H29BrClNO2. The quantitative estimate of drug-likeness (QED) is 0.484. The Balaban J connectivity index is 1.73. The number of halogens is 2. The molecule has 5 rings (SSSR count). The highest BCUT2D eigenvalue weighted by atomic mass is 79.9. The number of benzene rings is 1. The van der Waals surface area contributed by atoms with Gasteiger partial charge in [-0.25, -0.2) is 0 Å². The smallest absolute Gasteiger partial charge is 0.252 e. The van der Waals surface area contributed by atoms with Crippen molar-refractivity contribution in [1.29, 1.82) is 0 Å². The van der Waals surface area contributed by atoms with E-state index >= 15 is 0 Å². The number of amides is 1. The van der Waals surface area contributed by atoms with Gasteiger partial charge in [-0.2, -0.15) is 0 Å². The molecule has 2 aliphatic heterocycles. The lowest BCUT2D eigenvalue weighted by atomic mass is 9.44. The van der Waals surface area contributed by atoms with Gasteiger partial charge in [-0.15, -0.1) is 0 Å². The van der Waals surface area contributed by atoms with E-state index in [2.05, 4.69) is 48.9 Å². The van der Waals surface area contributed by atoms with Gasteiger partial charge in [-0.1, -0.05) is 55.2 Å². The number of carbonyl (C=O) groups is 1. The van der Waals surface area contributed by atoms with E-state index in [0.29, 0.717) is 33.8 Å². The van der Waals surface area contributed by atoms with Crippen LogP contribution in [0.3, 0.4) is 0 Å². The van der Waals surface area contributed by atoms with Crippen LogP contribution in [0.4, 0.5) is 0 Å². The summed E-state index contributed by atoms with van der Waals surface area (Å²) >= 11 is 10.7. The van der Waals surface area contributed by atoms with Gasteiger partial charge in [0.1, 0.15) is 11.4 Å². The molecule has 1 N–H and O–H groups in total. The van der Waals surface area contributed by atoms with E-state index in [-0.39, 0.29) is 22.3 Å². The second-order valence-electron chi connectivity index (χ2n) is 10.3. The van der Waals surface area contributed by atoms with Gasteiger partial charge in [0.25, 0.3) is 5.91 Å². The minimum atomic E-state index is -0.199. The first-order valence-corrected chi connectivity index (χ1v) is 11.9. The van der Waals surface area contributed by atoms with E-state index in [1.54, 1.807) is 0 Å². The molecule has 1 aromatic rings. The number of nitrogens with one attached hydrogen (secondary N) is 1. The summed E-state index contributed by atoms with van der Waals surface area (Å²) < 4.78 is 7.16. The molecule has 0 bridgehead atoms.